The zero-order valence-electron chi connectivity index (χ0n) is 15.7. The first-order chi connectivity index (χ1) is 12.7. The number of nitrogens with one attached hydrogen (secondary N) is 2. The third-order valence-corrected chi connectivity index (χ3v) is 3.66. The Kier molecular flexibility index (Phi) is 7.79. The molecule has 0 aliphatic heterocycles. The van der Waals surface area contributed by atoms with Gasteiger partial charge in [0.2, 0.25) is 0 Å². The van der Waals surface area contributed by atoms with E-state index in [1.165, 1.54) is 0 Å². The van der Waals surface area contributed by atoms with Crippen molar-refractivity contribution >= 4 is 11.7 Å². The van der Waals surface area contributed by atoms with Gasteiger partial charge in [-0.2, -0.15) is 5.10 Å². The van der Waals surface area contributed by atoms with Gasteiger partial charge in [0.05, 0.1) is 31.6 Å². The number of carbonyl (C=O) groups is 1. The van der Waals surface area contributed by atoms with Crippen molar-refractivity contribution < 1.29 is 14.3 Å². The third-order valence-electron chi connectivity index (χ3n) is 3.66. The van der Waals surface area contributed by atoms with Gasteiger partial charge in [-0.3, -0.25) is 4.68 Å². The van der Waals surface area contributed by atoms with Crippen molar-refractivity contribution in [1.29, 1.82) is 0 Å². The van der Waals surface area contributed by atoms with E-state index in [1.807, 2.05) is 32.0 Å². The van der Waals surface area contributed by atoms with Crippen LogP contribution in [0, 0.1) is 0 Å². The summed E-state index contributed by atoms with van der Waals surface area (Å²) in [6.07, 6.45) is 5.45. The monoisotopic (exact) mass is 360 g/mol. The predicted octanol–water partition coefficient (Wildman–Crippen LogP) is 3.65. The molecule has 0 saturated heterocycles. The molecule has 0 atom stereocenters. The van der Waals surface area contributed by atoms with Crippen molar-refractivity contribution in [3.63, 3.8) is 0 Å². The van der Waals surface area contributed by atoms with E-state index in [0.29, 0.717) is 32.0 Å². The lowest BCUT2D eigenvalue weighted by Gasteiger charge is -2.12. The van der Waals surface area contributed by atoms with Crippen LogP contribution in [0.4, 0.5) is 10.5 Å². The molecular weight excluding hydrogens is 332 g/mol. The van der Waals surface area contributed by atoms with Crippen molar-refractivity contribution in [1.82, 2.24) is 15.1 Å². The lowest BCUT2D eigenvalue weighted by Crippen LogP contribution is -2.29. The van der Waals surface area contributed by atoms with Crippen LogP contribution in [0.1, 0.15) is 39.2 Å². The Hall–Kier alpha value is -2.70. The molecule has 0 spiro atoms. The van der Waals surface area contributed by atoms with Crippen LogP contribution in [-0.2, 0) is 6.54 Å². The Morgan fingerprint density at radius 1 is 1.15 bits per heavy atom. The molecule has 2 amide bonds. The number of aromatic nitrogens is 2. The summed E-state index contributed by atoms with van der Waals surface area (Å²) in [6.45, 7) is 8.39. The summed E-state index contributed by atoms with van der Waals surface area (Å²) in [7, 11) is 0. The zero-order chi connectivity index (χ0) is 18.8. The van der Waals surface area contributed by atoms with Gasteiger partial charge in [-0.25, -0.2) is 4.79 Å². The van der Waals surface area contributed by atoms with E-state index in [0.717, 1.165) is 29.9 Å². The number of urea groups is 1. The average Bonchev–Trinajstić information content (AvgIpc) is 3.04. The van der Waals surface area contributed by atoms with Crippen LogP contribution in [0.25, 0.3) is 0 Å². The minimum Gasteiger partial charge on any atom is -0.490 e. The number of nitrogens with zero attached hydrogens (tertiary/aromatic N) is 2. The van der Waals surface area contributed by atoms with Gasteiger partial charge in [0.15, 0.2) is 11.5 Å². The molecule has 0 unspecified atom stereocenters. The van der Waals surface area contributed by atoms with Crippen LogP contribution in [0.2, 0.25) is 0 Å². The minimum absolute atomic E-state index is 0.210. The second kappa shape index (κ2) is 10.3. The quantitative estimate of drug-likeness (QED) is 0.634. The standard InChI is InChI=1S/C19H28N4O3/c1-4-7-10-20-19(24)22-16-12-21-23(14-16)13-15-8-9-17(25-5-2)18(11-15)26-6-3/h8-9,11-12,14H,4-7,10,13H2,1-3H3,(H2,20,22,24). The van der Waals surface area contributed by atoms with E-state index < -0.39 is 0 Å². The van der Waals surface area contributed by atoms with Crippen molar-refractivity contribution in [3.8, 4) is 11.5 Å². The molecule has 7 nitrogen and oxygen atoms in total. The molecule has 1 heterocycles. The highest BCUT2D eigenvalue weighted by molar-refractivity contribution is 5.88. The molecule has 0 bridgehead atoms. The maximum absolute atomic E-state index is 11.8. The fourth-order valence-electron chi connectivity index (χ4n) is 2.45. The van der Waals surface area contributed by atoms with Crippen molar-refractivity contribution in [3.05, 3.63) is 36.2 Å². The van der Waals surface area contributed by atoms with Gasteiger partial charge in [-0.05, 0) is 38.0 Å². The largest absolute Gasteiger partial charge is 0.490 e. The number of unbranched alkanes of at least 4 members (excludes halogenated alkanes) is 1. The van der Waals surface area contributed by atoms with Crippen LogP contribution >= 0.6 is 0 Å². The number of hydrogen-bond acceptors (Lipinski definition) is 4. The van der Waals surface area contributed by atoms with E-state index >= 15 is 0 Å². The van der Waals surface area contributed by atoms with Gasteiger partial charge in [0, 0.05) is 12.7 Å². The van der Waals surface area contributed by atoms with Crippen LogP contribution in [0.5, 0.6) is 11.5 Å². The lowest BCUT2D eigenvalue weighted by atomic mass is 10.2. The highest BCUT2D eigenvalue weighted by Crippen LogP contribution is 2.28. The van der Waals surface area contributed by atoms with Gasteiger partial charge in [0.1, 0.15) is 0 Å². The Balaban J connectivity index is 1.97. The lowest BCUT2D eigenvalue weighted by molar-refractivity contribution is 0.252. The third kappa shape index (κ3) is 5.98. The van der Waals surface area contributed by atoms with E-state index in [1.54, 1.807) is 17.1 Å². The van der Waals surface area contributed by atoms with Crippen molar-refractivity contribution in [2.45, 2.75) is 40.2 Å². The minimum atomic E-state index is -0.210. The number of amides is 2. The second-order valence-electron chi connectivity index (χ2n) is 5.81. The van der Waals surface area contributed by atoms with Crippen LogP contribution < -0.4 is 20.1 Å². The van der Waals surface area contributed by atoms with E-state index in [9.17, 15) is 4.79 Å². The number of hydrogen-bond donors (Lipinski definition) is 2. The van der Waals surface area contributed by atoms with E-state index in [2.05, 4.69) is 22.7 Å². The molecule has 142 valence electrons. The van der Waals surface area contributed by atoms with Gasteiger partial charge in [-0.15, -0.1) is 0 Å². The maximum Gasteiger partial charge on any atom is 0.319 e. The van der Waals surface area contributed by atoms with Gasteiger partial charge in [0.25, 0.3) is 0 Å². The predicted molar refractivity (Wildman–Crippen MR) is 102 cm³/mol. The van der Waals surface area contributed by atoms with Gasteiger partial charge >= 0.3 is 6.03 Å². The van der Waals surface area contributed by atoms with Gasteiger partial charge < -0.3 is 20.1 Å². The van der Waals surface area contributed by atoms with Crippen molar-refractivity contribution in [2.24, 2.45) is 0 Å². The molecular formula is C19H28N4O3. The molecule has 2 N–H and O–H groups in total. The van der Waals surface area contributed by atoms with Crippen molar-refractivity contribution in [2.75, 3.05) is 25.1 Å². The molecule has 1 aromatic heterocycles. The summed E-state index contributed by atoms with van der Waals surface area (Å²) < 4.78 is 13.0. The van der Waals surface area contributed by atoms with Crippen LogP contribution in [-0.4, -0.2) is 35.6 Å². The average molecular weight is 360 g/mol. The normalized spacial score (nSPS) is 10.4. The van der Waals surface area contributed by atoms with Crippen LogP contribution in [0.15, 0.2) is 30.6 Å². The molecule has 0 saturated carbocycles. The summed E-state index contributed by atoms with van der Waals surface area (Å²) in [6, 6.07) is 5.64. The number of rotatable bonds is 10. The molecule has 0 aliphatic rings. The molecule has 7 heteroatoms. The fourth-order valence-corrected chi connectivity index (χ4v) is 2.45. The smallest absolute Gasteiger partial charge is 0.319 e. The maximum atomic E-state index is 11.8. The summed E-state index contributed by atoms with van der Waals surface area (Å²) in [4.78, 5) is 11.8. The Labute approximate surface area is 154 Å². The first-order valence-corrected chi connectivity index (χ1v) is 9.12. The number of carbonyl (C=O) groups excluding carboxylic acids is 1. The Bertz CT molecular complexity index is 700. The molecule has 0 radical (unpaired) electrons. The van der Waals surface area contributed by atoms with E-state index in [-0.39, 0.29) is 6.03 Å². The summed E-state index contributed by atoms with van der Waals surface area (Å²) in [5, 5.41) is 9.90. The molecule has 1 aromatic carbocycles. The van der Waals surface area contributed by atoms with E-state index in [4.69, 9.17) is 9.47 Å². The summed E-state index contributed by atoms with van der Waals surface area (Å²) in [5.41, 5.74) is 1.70. The molecule has 26 heavy (non-hydrogen) atoms. The Morgan fingerprint density at radius 2 is 1.92 bits per heavy atom. The topological polar surface area (TPSA) is 77.4 Å². The SMILES string of the molecule is CCCCNC(=O)Nc1cnn(Cc2ccc(OCC)c(OCC)c2)c1. The van der Waals surface area contributed by atoms with Gasteiger partial charge in [-0.1, -0.05) is 19.4 Å². The fraction of sp³-hybridized carbons (Fsp3) is 0.474. The highest BCUT2D eigenvalue weighted by atomic mass is 16.5. The number of ether oxygens (including phenoxy) is 2. The molecule has 2 aromatic rings. The summed E-state index contributed by atoms with van der Waals surface area (Å²) in [5.74, 6) is 1.47. The molecule has 2 rings (SSSR count). The second-order valence-corrected chi connectivity index (χ2v) is 5.81. The first-order valence-electron chi connectivity index (χ1n) is 9.12. The highest BCUT2D eigenvalue weighted by Gasteiger charge is 2.08. The number of benzene rings is 1. The first kappa shape index (κ1) is 19.6. The Morgan fingerprint density at radius 3 is 2.65 bits per heavy atom. The molecule has 0 fully saturated rings. The molecule has 0 aliphatic carbocycles. The van der Waals surface area contributed by atoms with Crippen LogP contribution in [0.3, 0.4) is 0 Å². The number of anilines is 1. The summed E-state index contributed by atoms with van der Waals surface area (Å²) >= 11 is 0. The zero-order valence-corrected chi connectivity index (χ0v) is 15.7.